The highest BCUT2D eigenvalue weighted by molar-refractivity contribution is 5.64. The van der Waals surface area contributed by atoms with E-state index in [1.54, 1.807) is 0 Å². The fraction of sp³-hybridized carbons (Fsp3) is 0.100. The Bertz CT molecular complexity index is 505. The lowest BCUT2D eigenvalue weighted by molar-refractivity contribution is -0.137. The van der Waals surface area contributed by atoms with E-state index in [2.05, 4.69) is 5.16 Å². The van der Waals surface area contributed by atoms with Crippen LogP contribution in [0.2, 0.25) is 0 Å². The topological polar surface area (TPSA) is 52.0 Å². The smallest absolute Gasteiger partial charge is 0.381 e. The summed E-state index contributed by atoms with van der Waals surface area (Å²) < 4.78 is 42.7. The van der Waals surface area contributed by atoms with E-state index in [4.69, 9.17) is 10.3 Å². The van der Waals surface area contributed by atoms with E-state index in [-0.39, 0.29) is 17.1 Å². The van der Waals surface area contributed by atoms with Gasteiger partial charge in [0.15, 0.2) is 11.6 Å². The van der Waals surface area contributed by atoms with Gasteiger partial charge in [0.1, 0.15) is 0 Å². The van der Waals surface area contributed by atoms with Crippen molar-refractivity contribution in [2.75, 3.05) is 5.73 Å². The molecule has 1 aromatic carbocycles. The zero-order valence-corrected chi connectivity index (χ0v) is 7.95. The lowest BCUT2D eigenvalue weighted by atomic mass is 10.1. The maximum absolute atomic E-state index is 12.6. The molecule has 0 aliphatic carbocycles. The van der Waals surface area contributed by atoms with Crippen LogP contribution in [0.4, 0.5) is 19.0 Å². The van der Waals surface area contributed by atoms with Gasteiger partial charge in [-0.1, -0.05) is 23.4 Å². The molecule has 2 N–H and O–H groups in total. The predicted molar refractivity (Wildman–Crippen MR) is 51.4 cm³/mol. The van der Waals surface area contributed by atoms with Gasteiger partial charge in [-0.05, 0) is 6.07 Å². The van der Waals surface area contributed by atoms with Crippen molar-refractivity contribution in [3.63, 3.8) is 0 Å². The van der Waals surface area contributed by atoms with Gasteiger partial charge in [-0.2, -0.15) is 13.2 Å². The van der Waals surface area contributed by atoms with Crippen molar-refractivity contribution in [3.05, 3.63) is 35.9 Å². The molecule has 0 saturated heterocycles. The third kappa shape index (κ3) is 1.86. The molecule has 3 nitrogen and oxygen atoms in total. The number of hydrogen-bond donors (Lipinski definition) is 1. The molecule has 0 radical (unpaired) electrons. The second-order valence-corrected chi connectivity index (χ2v) is 3.16. The molecule has 2 rings (SSSR count). The molecular formula is C10H7F3N2O. The molecule has 1 aromatic heterocycles. The number of anilines is 1. The van der Waals surface area contributed by atoms with Crippen LogP contribution < -0.4 is 5.73 Å². The molecule has 2 aromatic rings. The van der Waals surface area contributed by atoms with Gasteiger partial charge < -0.3 is 10.3 Å². The quantitative estimate of drug-likeness (QED) is 0.816. The van der Waals surface area contributed by atoms with Gasteiger partial charge in [-0.15, -0.1) is 0 Å². The summed E-state index contributed by atoms with van der Waals surface area (Å²) in [4.78, 5) is 0. The van der Waals surface area contributed by atoms with Gasteiger partial charge in [-0.3, -0.25) is 0 Å². The van der Waals surface area contributed by atoms with Crippen LogP contribution in [0.25, 0.3) is 11.3 Å². The van der Waals surface area contributed by atoms with Crippen molar-refractivity contribution in [1.29, 1.82) is 0 Å². The van der Waals surface area contributed by atoms with Gasteiger partial charge in [-0.25, -0.2) is 0 Å². The Morgan fingerprint density at radius 3 is 2.44 bits per heavy atom. The minimum atomic E-state index is -4.43. The first-order valence-corrected chi connectivity index (χ1v) is 4.37. The lowest BCUT2D eigenvalue weighted by Crippen LogP contribution is -2.06. The minimum Gasteiger partial charge on any atom is -0.381 e. The Morgan fingerprint density at radius 2 is 1.88 bits per heavy atom. The van der Waals surface area contributed by atoms with Gasteiger partial charge in [0, 0.05) is 11.6 Å². The summed E-state index contributed by atoms with van der Waals surface area (Å²) in [7, 11) is 0. The fourth-order valence-electron chi connectivity index (χ4n) is 1.36. The summed E-state index contributed by atoms with van der Waals surface area (Å²) in [6.45, 7) is 0. The van der Waals surface area contributed by atoms with E-state index in [0.717, 1.165) is 6.07 Å². The van der Waals surface area contributed by atoms with Crippen LogP contribution in [0.3, 0.4) is 0 Å². The molecule has 0 bridgehead atoms. The summed E-state index contributed by atoms with van der Waals surface area (Å²) in [5.41, 5.74) is 4.45. The maximum atomic E-state index is 12.6. The summed E-state index contributed by atoms with van der Waals surface area (Å²) in [6, 6.07) is 6.34. The molecule has 0 spiro atoms. The first-order valence-electron chi connectivity index (χ1n) is 4.37. The normalized spacial score (nSPS) is 11.7. The van der Waals surface area contributed by atoms with Crippen LogP contribution in [0.15, 0.2) is 34.9 Å². The first-order chi connectivity index (χ1) is 7.48. The molecule has 0 aliphatic rings. The summed E-state index contributed by atoms with van der Waals surface area (Å²) in [5.74, 6) is 0.0532. The first kappa shape index (κ1) is 10.5. The number of rotatable bonds is 1. The number of nitrogens with zero attached hydrogens (tertiary/aromatic N) is 1. The molecule has 16 heavy (non-hydrogen) atoms. The third-order valence-electron chi connectivity index (χ3n) is 2.03. The van der Waals surface area contributed by atoms with Gasteiger partial charge in [0.05, 0.1) is 5.56 Å². The van der Waals surface area contributed by atoms with E-state index >= 15 is 0 Å². The van der Waals surface area contributed by atoms with Crippen LogP contribution in [0.5, 0.6) is 0 Å². The molecule has 0 fully saturated rings. The summed E-state index contributed by atoms with van der Waals surface area (Å²) in [5, 5.41) is 3.35. The highest BCUT2D eigenvalue weighted by Crippen LogP contribution is 2.37. The largest absolute Gasteiger partial charge is 0.417 e. The number of hydrogen-bond acceptors (Lipinski definition) is 3. The third-order valence-corrected chi connectivity index (χ3v) is 2.03. The fourth-order valence-corrected chi connectivity index (χ4v) is 1.36. The van der Waals surface area contributed by atoms with Crippen LogP contribution >= 0.6 is 0 Å². The molecule has 0 saturated carbocycles. The molecule has 0 aliphatic heterocycles. The van der Waals surface area contributed by atoms with Crippen molar-refractivity contribution in [1.82, 2.24) is 5.16 Å². The Kier molecular flexibility index (Phi) is 2.34. The predicted octanol–water partition coefficient (Wildman–Crippen LogP) is 2.94. The molecule has 84 valence electrons. The summed E-state index contributed by atoms with van der Waals surface area (Å²) >= 11 is 0. The number of benzene rings is 1. The van der Waals surface area contributed by atoms with Crippen molar-refractivity contribution in [3.8, 4) is 11.3 Å². The molecule has 0 atom stereocenters. The zero-order chi connectivity index (χ0) is 11.8. The Labute approximate surface area is 88.7 Å². The van der Waals surface area contributed by atoms with Gasteiger partial charge >= 0.3 is 6.18 Å². The molecule has 0 unspecified atom stereocenters. The highest BCUT2D eigenvalue weighted by atomic mass is 19.4. The minimum absolute atomic E-state index is 0.00502. The Balaban J connectivity index is 2.57. The van der Waals surface area contributed by atoms with Crippen molar-refractivity contribution in [2.45, 2.75) is 6.18 Å². The Hall–Kier alpha value is -1.98. The van der Waals surface area contributed by atoms with E-state index < -0.39 is 11.7 Å². The highest BCUT2D eigenvalue weighted by Gasteiger charge is 2.34. The average molecular weight is 228 g/mol. The van der Waals surface area contributed by atoms with E-state index in [1.807, 2.05) is 0 Å². The van der Waals surface area contributed by atoms with Crippen LogP contribution in [0.1, 0.15) is 5.56 Å². The number of nitrogen functional groups attached to an aromatic ring is 1. The van der Waals surface area contributed by atoms with Gasteiger partial charge in [0.2, 0.25) is 0 Å². The average Bonchev–Trinajstić information content (AvgIpc) is 2.64. The monoisotopic (exact) mass is 228 g/mol. The van der Waals surface area contributed by atoms with Crippen molar-refractivity contribution < 1.29 is 17.7 Å². The number of aromatic nitrogens is 1. The molecule has 0 amide bonds. The van der Waals surface area contributed by atoms with Crippen molar-refractivity contribution >= 4 is 5.82 Å². The Morgan fingerprint density at radius 1 is 1.19 bits per heavy atom. The molecular weight excluding hydrogens is 221 g/mol. The molecule has 6 heteroatoms. The SMILES string of the molecule is Nc1cc(-c2ccccc2C(F)(F)F)on1. The number of alkyl halides is 3. The van der Waals surface area contributed by atoms with E-state index in [0.29, 0.717) is 0 Å². The standard InChI is InChI=1S/C10H7F3N2O/c11-10(12,13)7-4-2-1-3-6(7)8-5-9(14)15-16-8/h1-5H,(H2,14,15). The van der Waals surface area contributed by atoms with Crippen LogP contribution in [-0.2, 0) is 6.18 Å². The second-order valence-electron chi connectivity index (χ2n) is 3.16. The second kappa shape index (κ2) is 3.55. The van der Waals surface area contributed by atoms with E-state index in [1.165, 1.54) is 24.3 Å². The van der Waals surface area contributed by atoms with Crippen LogP contribution in [-0.4, -0.2) is 5.16 Å². The lowest BCUT2D eigenvalue weighted by Gasteiger charge is -2.09. The maximum Gasteiger partial charge on any atom is 0.417 e. The zero-order valence-electron chi connectivity index (χ0n) is 7.95. The van der Waals surface area contributed by atoms with Crippen LogP contribution in [0, 0.1) is 0 Å². The van der Waals surface area contributed by atoms with Gasteiger partial charge in [0.25, 0.3) is 0 Å². The van der Waals surface area contributed by atoms with E-state index in [9.17, 15) is 13.2 Å². The summed E-state index contributed by atoms with van der Waals surface area (Å²) in [6.07, 6.45) is -4.43. The molecule has 1 heterocycles. The number of nitrogens with two attached hydrogens (primary N) is 1. The van der Waals surface area contributed by atoms with Crippen molar-refractivity contribution in [2.24, 2.45) is 0 Å². The number of halogens is 3.